The van der Waals surface area contributed by atoms with Crippen molar-refractivity contribution in [2.75, 3.05) is 5.32 Å². The number of amides is 2. The van der Waals surface area contributed by atoms with Gasteiger partial charge in [0.1, 0.15) is 10.8 Å². The van der Waals surface area contributed by atoms with E-state index in [2.05, 4.69) is 21.7 Å². The fourth-order valence-electron chi connectivity index (χ4n) is 2.65. The Labute approximate surface area is 159 Å². The molecule has 4 nitrogen and oxygen atoms in total. The Bertz CT molecular complexity index is 1040. The van der Waals surface area contributed by atoms with Gasteiger partial charge in [-0.15, -0.1) is 11.3 Å². The van der Waals surface area contributed by atoms with Crippen molar-refractivity contribution in [3.63, 3.8) is 0 Å². The number of carbonyl (C=O) groups excluding carboxylic acids is 1. The fourth-order valence-corrected chi connectivity index (χ4v) is 3.62. The average molecular weight is 377 g/mol. The van der Waals surface area contributed by atoms with Crippen molar-refractivity contribution < 1.29 is 9.18 Å². The first-order chi connectivity index (χ1) is 13.2. The van der Waals surface area contributed by atoms with E-state index in [1.807, 2.05) is 42.5 Å². The lowest BCUT2D eigenvalue weighted by Gasteiger charge is -2.08. The molecule has 134 valence electrons. The van der Waals surface area contributed by atoms with Crippen molar-refractivity contribution in [3.8, 4) is 10.6 Å². The topological polar surface area (TPSA) is 54.0 Å². The number of hydrogen-bond donors (Lipinski definition) is 2. The number of hydrogen-bond acceptors (Lipinski definition) is 3. The maximum atomic E-state index is 12.9. The maximum absolute atomic E-state index is 12.9. The number of para-hydroxylation sites is 1. The van der Waals surface area contributed by atoms with Crippen LogP contribution in [0.1, 0.15) is 5.56 Å². The van der Waals surface area contributed by atoms with Gasteiger partial charge in [-0.05, 0) is 54.1 Å². The number of halogens is 1. The molecule has 0 radical (unpaired) electrons. The molecular weight excluding hydrogens is 361 g/mol. The molecule has 6 heteroatoms. The van der Waals surface area contributed by atoms with Gasteiger partial charge in [-0.25, -0.2) is 14.2 Å². The first kappa shape index (κ1) is 17.2. The molecule has 4 rings (SSSR count). The molecule has 1 aromatic heterocycles. The zero-order chi connectivity index (χ0) is 18.6. The number of nitrogens with one attached hydrogen (secondary N) is 2. The quantitative estimate of drug-likeness (QED) is 0.499. The average Bonchev–Trinajstić information content (AvgIpc) is 3.12. The van der Waals surface area contributed by atoms with Crippen LogP contribution in [0.2, 0.25) is 0 Å². The second-order valence-corrected chi connectivity index (χ2v) is 7.03. The van der Waals surface area contributed by atoms with Gasteiger partial charge >= 0.3 is 6.03 Å². The van der Waals surface area contributed by atoms with Crippen molar-refractivity contribution in [2.24, 2.45) is 0 Å². The summed E-state index contributed by atoms with van der Waals surface area (Å²) in [4.78, 5) is 16.7. The maximum Gasteiger partial charge on any atom is 0.319 e. The standard InChI is InChI=1S/C21H16FN3OS/c22-16-9-5-14(6-10-16)13-23-21(26)24-17-11-7-15(8-12-17)20-25-18-3-1-2-4-19(18)27-20/h1-12H,13H2,(H2,23,24,26). The molecule has 1 heterocycles. The SMILES string of the molecule is O=C(NCc1ccc(F)cc1)Nc1ccc(-c2nc3ccccc3s2)cc1. The van der Waals surface area contributed by atoms with Crippen molar-refractivity contribution in [1.29, 1.82) is 0 Å². The Morgan fingerprint density at radius 3 is 2.44 bits per heavy atom. The highest BCUT2D eigenvalue weighted by molar-refractivity contribution is 7.21. The van der Waals surface area contributed by atoms with Crippen LogP contribution in [-0.2, 0) is 6.54 Å². The number of aromatic nitrogens is 1. The van der Waals surface area contributed by atoms with Gasteiger partial charge in [-0.3, -0.25) is 0 Å². The molecule has 0 saturated carbocycles. The molecule has 0 atom stereocenters. The molecule has 2 N–H and O–H groups in total. The molecule has 0 fully saturated rings. The summed E-state index contributed by atoms with van der Waals surface area (Å²) in [5, 5.41) is 6.48. The Morgan fingerprint density at radius 2 is 1.70 bits per heavy atom. The molecular formula is C21H16FN3OS. The third-order valence-corrected chi connectivity index (χ3v) is 5.14. The predicted molar refractivity (Wildman–Crippen MR) is 107 cm³/mol. The summed E-state index contributed by atoms with van der Waals surface area (Å²) in [7, 11) is 0. The second kappa shape index (κ2) is 7.55. The molecule has 2 amide bonds. The minimum Gasteiger partial charge on any atom is -0.334 e. The highest BCUT2D eigenvalue weighted by Crippen LogP contribution is 2.30. The third kappa shape index (κ3) is 4.12. The van der Waals surface area contributed by atoms with E-state index in [1.54, 1.807) is 23.5 Å². The van der Waals surface area contributed by atoms with E-state index in [1.165, 1.54) is 12.1 Å². The summed E-state index contributed by atoms with van der Waals surface area (Å²) in [5.41, 5.74) is 3.52. The van der Waals surface area contributed by atoms with E-state index in [4.69, 9.17) is 0 Å². The van der Waals surface area contributed by atoms with Gasteiger partial charge in [0, 0.05) is 17.8 Å². The van der Waals surface area contributed by atoms with Crippen molar-refractivity contribution >= 4 is 33.3 Å². The zero-order valence-electron chi connectivity index (χ0n) is 14.3. The summed E-state index contributed by atoms with van der Waals surface area (Å²) in [6.45, 7) is 0.329. The van der Waals surface area contributed by atoms with Crippen LogP contribution in [0.15, 0.2) is 72.8 Å². The Morgan fingerprint density at radius 1 is 0.963 bits per heavy atom. The fraction of sp³-hybridized carbons (Fsp3) is 0.0476. The summed E-state index contributed by atoms with van der Waals surface area (Å²) >= 11 is 1.64. The van der Waals surface area contributed by atoms with E-state index in [0.717, 1.165) is 26.4 Å². The number of nitrogens with zero attached hydrogens (tertiary/aromatic N) is 1. The number of carbonyl (C=O) groups is 1. The van der Waals surface area contributed by atoms with Gasteiger partial charge in [-0.1, -0.05) is 24.3 Å². The largest absolute Gasteiger partial charge is 0.334 e. The summed E-state index contributed by atoms with van der Waals surface area (Å²) in [6.07, 6.45) is 0. The van der Waals surface area contributed by atoms with Crippen LogP contribution in [-0.4, -0.2) is 11.0 Å². The lowest BCUT2D eigenvalue weighted by atomic mass is 10.2. The molecule has 0 aliphatic heterocycles. The molecule has 4 aromatic rings. The van der Waals surface area contributed by atoms with Crippen LogP contribution in [0, 0.1) is 5.82 Å². The summed E-state index contributed by atoms with van der Waals surface area (Å²) < 4.78 is 14.0. The predicted octanol–water partition coefficient (Wildman–Crippen LogP) is 5.42. The molecule has 0 spiro atoms. The third-order valence-electron chi connectivity index (χ3n) is 4.05. The minimum atomic E-state index is -0.313. The lowest BCUT2D eigenvalue weighted by Crippen LogP contribution is -2.28. The van der Waals surface area contributed by atoms with Crippen LogP contribution in [0.5, 0.6) is 0 Å². The number of rotatable bonds is 4. The molecule has 0 saturated heterocycles. The highest BCUT2D eigenvalue weighted by atomic mass is 32.1. The lowest BCUT2D eigenvalue weighted by molar-refractivity contribution is 0.251. The molecule has 27 heavy (non-hydrogen) atoms. The Hall–Kier alpha value is -3.25. The van der Waals surface area contributed by atoms with E-state index >= 15 is 0 Å². The van der Waals surface area contributed by atoms with Gasteiger partial charge in [0.25, 0.3) is 0 Å². The van der Waals surface area contributed by atoms with E-state index in [-0.39, 0.29) is 11.8 Å². The van der Waals surface area contributed by atoms with Crippen LogP contribution in [0.4, 0.5) is 14.9 Å². The molecule has 0 aliphatic rings. The van der Waals surface area contributed by atoms with Crippen LogP contribution < -0.4 is 10.6 Å². The number of anilines is 1. The number of fused-ring (bicyclic) bond motifs is 1. The van der Waals surface area contributed by atoms with Gasteiger partial charge < -0.3 is 10.6 Å². The van der Waals surface area contributed by atoms with Crippen LogP contribution in [0.3, 0.4) is 0 Å². The smallest absolute Gasteiger partial charge is 0.319 e. The van der Waals surface area contributed by atoms with E-state index in [9.17, 15) is 9.18 Å². The monoisotopic (exact) mass is 377 g/mol. The number of thiazole rings is 1. The van der Waals surface area contributed by atoms with E-state index < -0.39 is 0 Å². The highest BCUT2D eigenvalue weighted by Gasteiger charge is 2.07. The molecule has 0 bridgehead atoms. The van der Waals surface area contributed by atoms with E-state index in [0.29, 0.717) is 12.2 Å². The Kier molecular flexibility index (Phi) is 4.80. The van der Waals surface area contributed by atoms with Crippen LogP contribution >= 0.6 is 11.3 Å². The Balaban J connectivity index is 1.38. The van der Waals surface area contributed by atoms with Gasteiger partial charge in [0.05, 0.1) is 10.2 Å². The second-order valence-electron chi connectivity index (χ2n) is 6.00. The normalized spacial score (nSPS) is 10.7. The van der Waals surface area contributed by atoms with Gasteiger partial charge in [0.2, 0.25) is 0 Å². The minimum absolute atomic E-state index is 0.295. The van der Waals surface area contributed by atoms with Gasteiger partial charge in [-0.2, -0.15) is 0 Å². The molecule has 0 unspecified atom stereocenters. The zero-order valence-corrected chi connectivity index (χ0v) is 15.1. The van der Waals surface area contributed by atoms with Crippen molar-refractivity contribution in [1.82, 2.24) is 10.3 Å². The van der Waals surface area contributed by atoms with Crippen LogP contribution in [0.25, 0.3) is 20.8 Å². The first-order valence-corrected chi connectivity index (χ1v) is 9.24. The molecule has 0 aliphatic carbocycles. The summed E-state index contributed by atoms with van der Waals surface area (Å²) in [6, 6.07) is 21.3. The van der Waals surface area contributed by atoms with Crippen molar-refractivity contribution in [2.45, 2.75) is 6.54 Å². The van der Waals surface area contributed by atoms with Crippen molar-refractivity contribution in [3.05, 3.63) is 84.2 Å². The molecule has 3 aromatic carbocycles. The number of urea groups is 1. The number of benzene rings is 3. The summed E-state index contributed by atoms with van der Waals surface area (Å²) in [5.74, 6) is -0.295. The first-order valence-electron chi connectivity index (χ1n) is 8.43. The van der Waals surface area contributed by atoms with Gasteiger partial charge in [0.15, 0.2) is 0 Å².